The van der Waals surface area contributed by atoms with Crippen LogP contribution < -0.4 is 5.11 Å². The van der Waals surface area contributed by atoms with E-state index in [-0.39, 0.29) is 23.8 Å². The van der Waals surface area contributed by atoms with Crippen LogP contribution in [0.25, 0.3) is 10.9 Å². The Bertz CT molecular complexity index is 887. The van der Waals surface area contributed by atoms with Crippen LogP contribution in [0.1, 0.15) is 63.9 Å². The molecule has 1 amide bonds. The molecule has 2 aromatic rings. The minimum atomic E-state index is -0.937. The third kappa shape index (κ3) is 3.79. The highest BCUT2D eigenvalue weighted by Gasteiger charge is 2.42. The Morgan fingerprint density at radius 2 is 1.93 bits per heavy atom. The maximum absolute atomic E-state index is 13.4. The molecule has 1 aliphatic heterocycles. The van der Waals surface area contributed by atoms with Crippen LogP contribution in [-0.4, -0.2) is 34.3 Å². The van der Waals surface area contributed by atoms with E-state index in [1.165, 1.54) is 10.9 Å². The number of H-pyrrole nitrogens is 1. The molecule has 1 saturated carbocycles. The first kappa shape index (κ1) is 20.0. The summed E-state index contributed by atoms with van der Waals surface area (Å²) in [5.41, 5.74) is 2.30. The first-order valence-corrected chi connectivity index (χ1v) is 11.0. The van der Waals surface area contributed by atoms with Gasteiger partial charge in [-0.15, -0.1) is 0 Å². The summed E-state index contributed by atoms with van der Waals surface area (Å²) in [6, 6.07) is 8.29. The van der Waals surface area contributed by atoms with Gasteiger partial charge in [-0.05, 0) is 48.6 Å². The van der Waals surface area contributed by atoms with Crippen molar-refractivity contribution >= 4 is 22.8 Å². The Balaban J connectivity index is 1.56. The molecule has 156 valence electrons. The Hall–Kier alpha value is -2.30. The molecule has 2 aliphatic rings. The highest BCUT2D eigenvalue weighted by atomic mass is 16.4. The molecule has 29 heavy (non-hydrogen) atoms. The Labute approximate surface area is 172 Å². The van der Waals surface area contributed by atoms with Gasteiger partial charge in [0.15, 0.2) is 0 Å². The zero-order chi connectivity index (χ0) is 20.5. The van der Waals surface area contributed by atoms with Crippen LogP contribution in [0.2, 0.25) is 0 Å². The number of fused-ring (bicyclic) bond motifs is 2. The monoisotopic (exact) mass is 395 g/mol. The van der Waals surface area contributed by atoms with Crippen molar-refractivity contribution in [1.29, 1.82) is 0 Å². The number of rotatable bonds is 5. The Morgan fingerprint density at radius 1 is 1.17 bits per heavy atom. The van der Waals surface area contributed by atoms with E-state index < -0.39 is 11.9 Å². The number of hydrogen-bond acceptors (Lipinski definition) is 3. The molecule has 1 saturated heterocycles. The molecule has 5 nitrogen and oxygen atoms in total. The third-order valence-corrected chi connectivity index (χ3v) is 7.22. The number of nitrogens with one attached hydrogen (secondary N) is 1. The normalized spacial score (nSPS) is 25.8. The van der Waals surface area contributed by atoms with Gasteiger partial charge in [0, 0.05) is 48.0 Å². The van der Waals surface area contributed by atoms with Crippen LogP contribution in [0, 0.1) is 17.8 Å². The van der Waals surface area contributed by atoms with Gasteiger partial charge in [0.1, 0.15) is 0 Å². The number of aliphatic carboxylic acids is 1. The zero-order valence-corrected chi connectivity index (χ0v) is 17.4. The van der Waals surface area contributed by atoms with Gasteiger partial charge in [0.2, 0.25) is 5.91 Å². The molecule has 5 heteroatoms. The number of likely N-dealkylation sites (tertiary alicyclic amines) is 1. The number of carbonyl (C=O) groups excluding carboxylic acids is 2. The first-order valence-electron chi connectivity index (χ1n) is 11.0. The Kier molecular flexibility index (Phi) is 5.66. The highest BCUT2D eigenvalue weighted by Crippen LogP contribution is 2.40. The molecule has 1 aliphatic carbocycles. The fraction of sp³-hybridized carbons (Fsp3) is 0.583. The molecule has 0 bridgehead atoms. The van der Waals surface area contributed by atoms with Crippen molar-refractivity contribution in [3.63, 3.8) is 0 Å². The lowest BCUT2D eigenvalue weighted by Crippen LogP contribution is -2.56. The van der Waals surface area contributed by atoms with Gasteiger partial charge in [0.05, 0.1) is 0 Å². The van der Waals surface area contributed by atoms with Gasteiger partial charge in [-0.2, -0.15) is 0 Å². The molecule has 1 aromatic heterocycles. The van der Waals surface area contributed by atoms with Crippen molar-refractivity contribution in [1.82, 2.24) is 9.88 Å². The van der Waals surface area contributed by atoms with Crippen LogP contribution in [-0.2, 0) is 9.59 Å². The van der Waals surface area contributed by atoms with E-state index in [1.807, 2.05) is 23.2 Å². The second kappa shape index (κ2) is 8.21. The number of para-hydroxylation sites is 1. The summed E-state index contributed by atoms with van der Waals surface area (Å²) >= 11 is 0. The second-order valence-electron chi connectivity index (χ2n) is 9.16. The van der Waals surface area contributed by atoms with Crippen molar-refractivity contribution in [2.75, 3.05) is 6.54 Å². The summed E-state index contributed by atoms with van der Waals surface area (Å²) in [6.45, 7) is 4.88. The Morgan fingerprint density at radius 3 is 2.69 bits per heavy atom. The van der Waals surface area contributed by atoms with Crippen LogP contribution in [0.5, 0.6) is 0 Å². The summed E-state index contributed by atoms with van der Waals surface area (Å²) in [6.07, 6.45) is 6.97. The van der Waals surface area contributed by atoms with E-state index >= 15 is 0 Å². The minimum absolute atomic E-state index is 0.0528. The number of benzene rings is 1. The van der Waals surface area contributed by atoms with E-state index in [4.69, 9.17) is 0 Å². The molecule has 4 unspecified atom stereocenters. The number of nitrogens with zero attached hydrogens (tertiary/aromatic N) is 1. The van der Waals surface area contributed by atoms with Gasteiger partial charge in [-0.25, -0.2) is 0 Å². The van der Waals surface area contributed by atoms with Gasteiger partial charge in [-0.1, -0.05) is 44.9 Å². The standard InChI is InChI=1S/C24H32N2O3/c1-15(2)19(20-14-25-21-9-5-3-7-16(20)21)13-23(27)26-12-11-18(24(28)29)17-8-4-6-10-22(17)26/h3,5,7,9,14-15,17-19,22,25H,4,6,8,10-13H2,1-2H3,(H,28,29)/p-1. The van der Waals surface area contributed by atoms with Crippen molar-refractivity contribution in [2.45, 2.75) is 64.3 Å². The highest BCUT2D eigenvalue weighted by molar-refractivity contribution is 5.85. The molecule has 1 N–H and O–H groups in total. The fourth-order valence-corrected chi connectivity index (χ4v) is 5.67. The van der Waals surface area contributed by atoms with Crippen LogP contribution in [0.15, 0.2) is 30.5 Å². The van der Waals surface area contributed by atoms with Gasteiger partial charge in [0.25, 0.3) is 0 Å². The molecule has 2 fully saturated rings. The predicted octanol–water partition coefficient (Wildman–Crippen LogP) is 3.45. The van der Waals surface area contributed by atoms with E-state index in [0.29, 0.717) is 25.3 Å². The lowest BCUT2D eigenvalue weighted by Gasteiger charge is -2.48. The van der Waals surface area contributed by atoms with E-state index in [0.717, 1.165) is 31.2 Å². The number of aromatic nitrogens is 1. The van der Waals surface area contributed by atoms with Gasteiger partial charge >= 0.3 is 0 Å². The lowest BCUT2D eigenvalue weighted by atomic mass is 9.71. The molecule has 2 heterocycles. The summed E-state index contributed by atoms with van der Waals surface area (Å²) in [5, 5.41) is 12.8. The number of amides is 1. The summed E-state index contributed by atoms with van der Waals surface area (Å²) in [5.74, 6) is -0.646. The van der Waals surface area contributed by atoms with Gasteiger partial charge < -0.3 is 19.8 Å². The van der Waals surface area contributed by atoms with Crippen LogP contribution >= 0.6 is 0 Å². The molecule has 1 aromatic carbocycles. The maximum atomic E-state index is 13.4. The van der Waals surface area contributed by atoms with E-state index in [9.17, 15) is 14.7 Å². The number of carboxylic acid groups (broad SMARTS) is 1. The van der Waals surface area contributed by atoms with Crippen molar-refractivity contribution in [2.24, 2.45) is 17.8 Å². The fourth-order valence-electron chi connectivity index (χ4n) is 5.67. The molecule has 0 radical (unpaired) electrons. The number of carbonyl (C=O) groups is 2. The number of piperidine rings is 1. The predicted molar refractivity (Wildman–Crippen MR) is 111 cm³/mol. The minimum Gasteiger partial charge on any atom is -0.550 e. The first-order chi connectivity index (χ1) is 14.0. The SMILES string of the molecule is CC(C)C(CC(=O)N1CCC(C(=O)[O-])C2CCCCC21)c1c[nH]c2ccccc12. The van der Waals surface area contributed by atoms with Crippen molar-refractivity contribution in [3.05, 3.63) is 36.0 Å². The maximum Gasteiger partial charge on any atom is 0.223 e. The second-order valence-corrected chi connectivity index (χ2v) is 9.16. The van der Waals surface area contributed by atoms with E-state index in [2.05, 4.69) is 31.0 Å². The summed E-state index contributed by atoms with van der Waals surface area (Å²) in [4.78, 5) is 30.4. The average Bonchev–Trinajstić information content (AvgIpc) is 3.14. The summed E-state index contributed by atoms with van der Waals surface area (Å²) in [7, 11) is 0. The third-order valence-electron chi connectivity index (χ3n) is 7.22. The average molecular weight is 396 g/mol. The number of carboxylic acids is 1. The number of hydrogen-bond donors (Lipinski definition) is 1. The molecular formula is C24H31N2O3-. The quantitative estimate of drug-likeness (QED) is 0.842. The van der Waals surface area contributed by atoms with Crippen LogP contribution in [0.4, 0.5) is 0 Å². The largest absolute Gasteiger partial charge is 0.550 e. The molecule has 0 spiro atoms. The van der Waals surface area contributed by atoms with Gasteiger partial charge in [-0.3, -0.25) is 4.79 Å². The van der Waals surface area contributed by atoms with Crippen molar-refractivity contribution < 1.29 is 14.7 Å². The smallest absolute Gasteiger partial charge is 0.223 e. The van der Waals surface area contributed by atoms with Crippen molar-refractivity contribution in [3.8, 4) is 0 Å². The molecular weight excluding hydrogens is 364 g/mol. The zero-order valence-electron chi connectivity index (χ0n) is 17.4. The van der Waals surface area contributed by atoms with Crippen LogP contribution in [0.3, 0.4) is 0 Å². The lowest BCUT2D eigenvalue weighted by molar-refractivity contribution is -0.315. The molecule has 4 atom stereocenters. The van der Waals surface area contributed by atoms with E-state index in [1.54, 1.807) is 0 Å². The number of aromatic amines is 1. The summed E-state index contributed by atoms with van der Waals surface area (Å²) < 4.78 is 0. The molecule has 4 rings (SSSR count). The topological polar surface area (TPSA) is 76.2 Å².